The number of aliphatic hydroxyl groups is 1. The fourth-order valence-corrected chi connectivity index (χ4v) is 5.11. The van der Waals surface area contributed by atoms with Crippen molar-refractivity contribution in [2.24, 2.45) is 0 Å². The van der Waals surface area contributed by atoms with Gasteiger partial charge in [-0.1, -0.05) is 35.3 Å². The number of piperidine rings is 1. The zero-order valence-corrected chi connectivity index (χ0v) is 18.9. The number of anilines is 1. The van der Waals surface area contributed by atoms with E-state index >= 15 is 0 Å². The molecule has 2 aliphatic rings. The lowest BCUT2D eigenvalue weighted by Crippen LogP contribution is -2.62. The van der Waals surface area contributed by atoms with Gasteiger partial charge in [-0.05, 0) is 56.1 Å². The minimum Gasteiger partial charge on any atom is -0.395 e. The summed E-state index contributed by atoms with van der Waals surface area (Å²) in [7, 11) is 2.13. The van der Waals surface area contributed by atoms with Crippen LogP contribution in [0.5, 0.6) is 0 Å². The molecule has 2 aliphatic heterocycles. The van der Waals surface area contributed by atoms with Crippen molar-refractivity contribution in [3.05, 3.63) is 58.2 Å². The summed E-state index contributed by atoms with van der Waals surface area (Å²) in [5.41, 5.74) is 1.31. The Labute approximate surface area is 189 Å². The topological polar surface area (TPSA) is 42.8 Å². The summed E-state index contributed by atoms with van der Waals surface area (Å²) in [4.78, 5) is 11.8. The summed E-state index contributed by atoms with van der Waals surface area (Å²) in [5, 5.41) is 11.4. The van der Waals surface area contributed by atoms with Gasteiger partial charge in [0.25, 0.3) is 0 Å². The molecular formula is C23H30Cl2N4O. The van der Waals surface area contributed by atoms with Crippen molar-refractivity contribution >= 4 is 29.0 Å². The predicted molar refractivity (Wildman–Crippen MR) is 124 cm³/mol. The molecular weight excluding hydrogens is 419 g/mol. The van der Waals surface area contributed by atoms with Crippen molar-refractivity contribution in [1.82, 2.24) is 14.8 Å². The first-order valence-electron chi connectivity index (χ1n) is 10.7. The summed E-state index contributed by atoms with van der Waals surface area (Å²) in [6.07, 6.45) is 4.95. The van der Waals surface area contributed by atoms with Crippen LogP contribution in [-0.2, 0) is 6.42 Å². The predicted octanol–water partition coefficient (Wildman–Crippen LogP) is 3.58. The second kappa shape index (κ2) is 9.84. The molecule has 1 N–H and O–H groups in total. The quantitative estimate of drug-likeness (QED) is 0.756. The Bertz CT molecular complexity index is 826. The Morgan fingerprint density at radius 3 is 2.40 bits per heavy atom. The SMILES string of the molecule is CN1C[C@H](Cc2ccc(Cl)cc2)N(C2CCN(c3cc(Cl)ccn3)CC2)C[C@@H]1CO. The largest absolute Gasteiger partial charge is 0.395 e. The molecule has 2 saturated heterocycles. The van der Waals surface area contributed by atoms with Gasteiger partial charge in [-0.2, -0.15) is 0 Å². The zero-order chi connectivity index (χ0) is 21.1. The number of aromatic nitrogens is 1. The highest BCUT2D eigenvalue weighted by Gasteiger charge is 2.37. The van der Waals surface area contributed by atoms with E-state index in [0.717, 1.165) is 61.3 Å². The summed E-state index contributed by atoms with van der Waals surface area (Å²) in [5.74, 6) is 0.963. The van der Waals surface area contributed by atoms with E-state index in [1.165, 1.54) is 5.56 Å². The van der Waals surface area contributed by atoms with Crippen LogP contribution in [-0.4, -0.2) is 77.8 Å². The number of hydrogen-bond donors (Lipinski definition) is 1. The third-order valence-corrected chi connectivity index (χ3v) is 7.06. The molecule has 0 amide bonds. The van der Waals surface area contributed by atoms with E-state index in [1.54, 1.807) is 6.20 Å². The van der Waals surface area contributed by atoms with Crippen LogP contribution >= 0.6 is 23.2 Å². The molecule has 2 aromatic rings. The minimum atomic E-state index is 0.194. The lowest BCUT2D eigenvalue weighted by atomic mass is 9.94. The second-order valence-corrected chi connectivity index (χ2v) is 9.38. The number of benzene rings is 1. The van der Waals surface area contributed by atoms with E-state index in [4.69, 9.17) is 23.2 Å². The van der Waals surface area contributed by atoms with Crippen molar-refractivity contribution in [2.75, 3.05) is 44.7 Å². The van der Waals surface area contributed by atoms with Crippen LogP contribution in [0, 0.1) is 0 Å². The van der Waals surface area contributed by atoms with Crippen molar-refractivity contribution in [3.63, 3.8) is 0 Å². The van der Waals surface area contributed by atoms with Gasteiger partial charge in [-0.25, -0.2) is 4.98 Å². The second-order valence-electron chi connectivity index (χ2n) is 8.51. The van der Waals surface area contributed by atoms with Crippen molar-refractivity contribution in [2.45, 2.75) is 37.4 Å². The number of likely N-dealkylation sites (N-methyl/N-ethyl adjacent to an activating group) is 1. The van der Waals surface area contributed by atoms with E-state index in [0.29, 0.717) is 12.1 Å². The number of piperazine rings is 1. The molecule has 0 radical (unpaired) electrons. The highest BCUT2D eigenvalue weighted by molar-refractivity contribution is 6.31. The van der Waals surface area contributed by atoms with Crippen LogP contribution in [0.25, 0.3) is 0 Å². The van der Waals surface area contributed by atoms with Crippen LogP contribution in [0.15, 0.2) is 42.6 Å². The maximum atomic E-state index is 9.89. The standard InChI is InChI=1S/C23H30Cl2N4O/c1-27-14-21(12-17-2-4-18(24)5-3-17)29(15-22(27)16-30)20-7-10-28(11-8-20)23-13-19(25)6-9-26-23/h2-6,9,13,20-22,30H,7-8,10-12,14-16H2,1H3/t21-,22+/m0/s1. The van der Waals surface area contributed by atoms with Crippen LogP contribution in [0.4, 0.5) is 5.82 Å². The van der Waals surface area contributed by atoms with E-state index in [9.17, 15) is 5.11 Å². The highest BCUT2D eigenvalue weighted by Crippen LogP contribution is 2.28. The lowest BCUT2D eigenvalue weighted by Gasteiger charge is -2.50. The molecule has 7 heteroatoms. The smallest absolute Gasteiger partial charge is 0.129 e. The summed E-state index contributed by atoms with van der Waals surface area (Å²) in [6, 6.07) is 13.1. The van der Waals surface area contributed by atoms with Gasteiger partial charge in [0.1, 0.15) is 5.82 Å². The Kier molecular flexibility index (Phi) is 7.16. The monoisotopic (exact) mass is 448 g/mol. The first-order valence-corrected chi connectivity index (χ1v) is 11.5. The third kappa shape index (κ3) is 5.09. The first-order chi connectivity index (χ1) is 14.5. The van der Waals surface area contributed by atoms with Crippen LogP contribution < -0.4 is 4.90 Å². The van der Waals surface area contributed by atoms with E-state index in [2.05, 4.69) is 38.9 Å². The number of aliphatic hydroxyl groups excluding tert-OH is 1. The molecule has 1 aromatic carbocycles. The van der Waals surface area contributed by atoms with Gasteiger partial charge >= 0.3 is 0 Å². The van der Waals surface area contributed by atoms with E-state index in [1.807, 2.05) is 24.3 Å². The Hall–Kier alpha value is -1.37. The molecule has 4 rings (SSSR count). The lowest BCUT2D eigenvalue weighted by molar-refractivity contribution is -0.0106. The number of halogens is 2. The molecule has 0 spiro atoms. The van der Waals surface area contributed by atoms with Crippen LogP contribution in [0.2, 0.25) is 10.0 Å². The van der Waals surface area contributed by atoms with E-state index < -0.39 is 0 Å². The Morgan fingerprint density at radius 2 is 1.73 bits per heavy atom. The van der Waals surface area contributed by atoms with E-state index in [-0.39, 0.29) is 12.6 Å². The van der Waals surface area contributed by atoms with Gasteiger partial charge in [0.2, 0.25) is 0 Å². The molecule has 1 aromatic heterocycles. The Morgan fingerprint density at radius 1 is 1.00 bits per heavy atom. The molecule has 5 nitrogen and oxygen atoms in total. The summed E-state index contributed by atoms with van der Waals surface area (Å²) < 4.78 is 0. The van der Waals surface area contributed by atoms with Gasteiger partial charge in [0.15, 0.2) is 0 Å². The summed E-state index contributed by atoms with van der Waals surface area (Å²) >= 11 is 12.2. The zero-order valence-electron chi connectivity index (χ0n) is 17.4. The Balaban J connectivity index is 1.45. The molecule has 0 saturated carbocycles. The van der Waals surface area contributed by atoms with Crippen LogP contribution in [0.1, 0.15) is 18.4 Å². The van der Waals surface area contributed by atoms with Gasteiger partial charge in [0, 0.05) is 60.5 Å². The van der Waals surface area contributed by atoms with Crippen molar-refractivity contribution in [1.29, 1.82) is 0 Å². The van der Waals surface area contributed by atoms with Gasteiger partial charge in [0.05, 0.1) is 6.61 Å². The van der Waals surface area contributed by atoms with Gasteiger partial charge in [-0.15, -0.1) is 0 Å². The average Bonchev–Trinajstić information content (AvgIpc) is 2.76. The molecule has 162 valence electrons. The molecule has 2 atom stereocenters. The molecule has 2 fully saturated rings. The number of pyridine rings is 1. The fraction of sp³-hybridized carbons (Fsp3) is 0.522. The molecule has 0 bridgehead atoms. The number of hydrogen-bond acceptors (Lipinski definition) is 5. The molecule has 30 heavy (non-hydrogen) atoms. The molecule has 0 unspecified atom stereocenters. The maximum Gasteiger partial charge on any atom is 0.129 e. The fourth-order valence-electron chi connectivity index (χ4n) is 4.83. The number of nitrogens with zero attached hydrogens (tertiary/aromatic N) is 4. The molecule has 0 aliphatic carbocycles. The highest BCUT2D eigenvalue weighted by atomic mass is 35.5. The normalized spacial score (nSPS) is 24.3. The van der Waals surface area contributed by atoms with Crippen LogP contribution in [0.3, 0.4) is 0 Å². The first kappa shape index (κ1) is 21.8. The number of rotatable bonds is 5. The summed E-state index contributed by atoms with van der Waals surface area (Å²) in [6.45, 7) is 4.02. The molecule has 3 heterocycles. The minimum absolute atomic E-state index is 0.194. The average molecular weight is 449 g/mol. The third-order valence-electron chi connectivity index (χ3n) is 6.57. The van der Waals surface area contributed by atoms with Gasteiger partial charge in [-0.3, -0.25) is 9.80 Å². The van der Waals surface area contributed by atoms with Crippen molar-refractivity contribution in [3.8, 4) is 0 Å². The maximum absolute atomic E-state index is 9.89. The van der Waals surface area contributed by atoms with Gasteiger partial charge < -0.3 is 10.0 Å². The van der Waals surface area contributed by atoms with Crippen molar-refractivity contribution < 1.29 is 5.11 Å².